The summed E-state index contributed by atoms with van der Waals surface area (Å²) in [7, 11) is -3.60. The van der Waals surface area contributed by atoms with E-state index in [9.17, 15) is 13.2 Å². The zero-order valence-corrected chi connectivity index (χ0v) is 17.3. The lowest BCUT2D eigenvalue weighted by molar-refractivity contribution is -0.138. The van der Waals surface area contributed by atoms with Crippen molar-refractivity contribution in [2.45, 2.75) is 18.2 Å². The standard InChI is InChI=1S/C20H20BrNO4S/c1-2-26-20(23)17-11-13-22(14-12-17)27(24,25)19-9-5-16(6-10-19)15-3-7-18(21)8-4-15/h3-11H,2,12-14H2,1H3. The van der Waals surface area contributed by atoms with Crippen LogP contribution in [0.25, 0.3) is 11.1 Å². The van der Waals surface area contributed by atoms with Crippen LogP contribution in [0.4, 0.5) is 0 Å². The zero-order valence-electron chi connectivity index (χ0n) is 14.9. The van der Waals surface area contributed by atoms with Crippen LogP contribution in [0.2, 0.25) is 0 Å². The van der Waals surface area contributed by atoms with Crippen molar-refractivity contribution in [1.82, 2.24) is 4.31 Å². The van der Waals surface area contributed by atoms with Gasteiger partial charge in [-0.1, -0.05) is 46.3 Å². The zero-order chi connectivity index (χ0) is 19.4. The summed E-state index contributed by atoms with van der Waals surface area (Å²) in [4.78, 5) is 12.0. The van der Waals surface area contributed by atoms with Gasteiger partial charge >= 0.3 is 5.97 Å². The van der Waals surface area contributed by atoms with Gasteiger partial charge in [0.25, 0.3) is 0 Å². The van der Waals surface area contributed by atoms with Gasteiger partial charge in [0, 0.05) is 23.1 Å². The van der Waals surface area contributed by atoms with Crippen molar-refractivity contribution in [1.29, 1.82) is 0 Å². The molecule has 5 nitrogen and oxygen atoms in total. The Morgan fingerprint density at radius 1 is 1.07 bits per heavy atom. The first-order valence-corrected chi connectivity index (χ1v) is 10.9. The van der Waals surface area contributed by atoms with Crippen molar-refractivity contribution < 1.29 is 17.9 Å². The predicted molar refractivity (Wildman–Crippen MR) is 108 cm³/mol. The Hall–Kier alpha value is -1.96. The van der Waals surface area contributed by atoms with Crippen molar-refractivity contribution in [3.05, 3.63) is 64.7 Å². The number of halogens is 1. The number of carbonyl (C=O) groups is 1. The smallest absolute Gasteiger partial charge is 0.333 e. The van der Waals surface area contributed by atoms with Crippen molar-refractivity contribution in [2.75, 3.05) is 19.7 Å². The molecule has 0 unspecified atom stereocenters. The van der Waals surface area contributed by atoms with Gasteiger partial charge in [-0.15, -0.1) is 0 Å². The number of hydrogen-bond acceptors (Lipinski definition) is 4. The van der Waals surface area contributed by atoms with Crippen LogP contribution >= 0.6 is 15.9 Å². The van der Waals surface area contributed by atoms with Crippen LogP contribution in [0.15, 0.2) is 69.5 Å². The van der Waals surface area contributed by atoms with Crippen molar-refractivity contribution >= 4 is 31.9 Å². The molecule has 2 aromatic rings. The van der Waals surface area contributed by atoms with E-state index in [0.29, 0.717) is 18.6 Å². The minimum atomic E-state index is -3.60. The lowest BCUT2D eigenvalue weighted by atomic mass is 10.1. The number of sulfonamides is 1. The summed E-state index contributed by atoms with van der Waals surface area (Å²) in [6.45, 7) is 2.49. The number of carbonyl (C=O) groups excluding carboxylic acids is 1. The average molecular weight is 450 g/mol. The monoisotopic (exact) mass is 449 g/mol. The fourth-order valence-electron chi connectivity index (χ4n) is 2.89. The van der Waals surface area contributed by atoms with Gasteiger partial charge in [-0.05, 0) is 48.7 Å². The molecule has 0 radical (unpaired) electrons. The van der Waals surface area contributed by atoms with Crippen LogP contribution in [0, 0.1) is 0 Å². The molecule has 7 heteroatoms. The van der Waals surface area contributed by atoms with Gasteiger partial charge in [0.15, 0.2) is 0 Å². The molecule has 0 saturated carbocycles. The number of hydrogen-bond donors (Lipinski definition) is 0. The van der Waals surface area contributed by atoms with E-state index in [1.807, 2.05) is 24.3 Å². The molecule has 3 rings (SSSR count). The van der Waals surface area contributed by atoms with Gasteiger partial charge in [0.05, 0.1) is 11.5 Å². The second-order valence-corrected chi connectivity index (χ2v) is 8.95. The van der Waals surface area contributed by atoms with Crippen molar-refractivity contribution in [3.8, 4) is 11.1 Å². The van der Waals surface area contributed by atoms with E-state index >= 15 is 0 Å². The second kappa shape index (κ2) is 8.37. The van der Waals surface area contributed by atoms with E-state index in [-0.39, 0.29) is 24.0 Å². The van der Waals surface area contributed by atoms with E-state index in [1.165, 1.54) is 4.31 Å². The number of rotatable bonds is 5. The molecular formula is C20H20BrNO4S. The molecule has 0 atom stereocenters. The van der Waals surface area contributed by atoms with E-state index in [1.54, 1.807) is 37.3 Å². The molecule has 142 valence electrons. The Balaban J connectivity index is 1.76. The summed E-state index contributed by atoms with van der Waals surface area (Å²) in [6.07, 6.45) is 1.99. The topological polar surface area (TPSA) is 63.7 Å². The number of ether oxygens (including phenoxy) is 1. The van der Waals surface area contributed by atoms with Gasteiger partial charge in [0.1, 0.15) is 0 Å². The van der Waals surface area contributed by atoms with E-state index < -0.39 is 10.0 Å². The van der Waals surface area contributed by atoms with Crippen LogP contribution < -0.4 is 0 Å². The quantitative estimate of drug-likeness (QED) is 0.647. The Morgan fingerprint density at radius 2 is 1.67 bits per heavy atom. The highest BCUT2D eigenvalue weighted by molar-refractivity contribution is 9.10. The Kier molecular flexibility index (Phi) is 6.14. The normalized spacial score (nSPS) is 15.3. The Labute approximate surface area is 167 Å². The van der Waals surface area contributed by atoms with Crippen molar-refractivity contribution in [2.24, 2.45) is 0 Å². The first-order chi connectivity index (χ1) is 12.9. The van der Waals surface area contributed by atoms with Crippen LogP contribution in [0.5, 0.6) is 0 Å². The third-order valence-electron chi connectivity index (χ3n) is 4.38. The van der Waals surface area contributed by atoms with Gasteiger partial charge < -0.3 is 4.74 Å². The summed E-state index contributed by atoms with van der Waals surface area (Å²) in [5.41, 5.74) is 2.50. The first kappa shape index (κ1) is 19.8. The molecule has 0 fully saturated rings. The molecule has 0 saturated heterocycles. The Bertz CT molecular complexity index is 950. The third kappa shape index (κ3) is 4.48. The largest absolute Gasteiger partial charge is 0.463 e. The molecule has 0 spiro atoms. The summed E-state index contributed by atoms with van der Waals surface area (Å²) in [5, 5.41) is 0. The molecule has 0 aliphatic carbocycles. The SMILES string of the molecule is CCOC(=O)C1=CCN(S(=O)(=O)c2ccc(-c3ccc(Br)cc3)cc2)CC1. The van der Waals surface area contributed by atoms with Crippen LogP contribution in [-0.4, -0.2) is 38.4 Å². The molecular weight excluding hydrogens is 430 g/mol. The molecule has 0 aromatic heterocycles. The molecule has 0 bridgehead atoms. The second-order valence-electron chi connectivity index (χ2n) is 6.09. The van der Waals surface area contributed by atoms with Crippen LogP contribution in [-0.2, 0) is 19.6 Å². The van der Waals surface area contributed by atoms with Gasteiger partial charge in [-0.2, -0.15) is 4.31 Å². The fourth-order valence-corrected chi connectivity index (χ4v) is 4.53. The molecule has 2 aromatic carbocycles. The number of nitrogens with zero attached hydrogens (tertiary/aromatic N) is 1. The Morgan fingerprint density at radius 3 is 2.19 bits per heavy atom. The van der Waals surface area contributed by atoms with E-state index in [2.05, 4.69) is 15.9 Å². The van der Waals surface area contributed by atoms with Crippen LogP contribution in [0.1, 0.15) is 13.3 Å². The lowest BCUT2D eigenvalue weighted by Gasteiger charge is -2.25. The molecule has 0 N–H and O–H groups in total. The lowest BCUT2D eigenvalue weighted by Crippen LogP contribution is -2.36. The summed E-state index contributed by atoms with van der Waals surface area (Å²) < 4.78 is 33.1. The van der Waals surface area contributed by atoms with Gasteiger partial charge in [-0.3, -0.25) is 0 Å². The molecule has 1 aliphatic heterocycles. The van der Waals surface area contributed by atoms with E-state index in [4.69, 9.17) is 4.74 Å². The molecule has 1 aliphatic rings. The number of benzene rings is 2. The minimum absolute atomic E-state index is 0.172. The van der Waals surface area contributed by atoms with Crippen LogP contribution in [0.3, 0.4) is 0 Å². The maximum absolute atomic E-state index is 12.9. The maximum atomic E-state index is 12.9. The molecule has 1 heterocycles. The molecule has 27 heavy (non-hydrogen) atoms. The van der Waals surface area contributed by atoms with E-state index in [0.717, 1.165) is 15.6 Å². The highest BCUT2D eigenvalue weighted by Gasteiger charge is 2.28. The average Bonchev–Trinajstić information content (AvgIpc) is 2.69. The molecule has 0 amide bonds. The van der Waals surface area contributed by atoms with Gasteiger partial charge in [0.2, 0.25) is 10.0 Å². The summed E-state index contributed by atoms with van der Waals surface area (Å²) >= 11 is 3.40. The minimum Gasteiger partial charge on any atom is -0.463 e. The predicted octanol–water partition coefficient (Wildman–Crippen LogP) is 4.00. The first-order valence-electron chi connectivity index (χ1n) is 8.64. The number of esters is 1. The summed E-state index contributed by atoms with van der Waals surface area (Å²) in [5.74, 6) is -0.367. The van der Waals surface area contributed by atoms with Gasteiger partial charge in [-0.25, -0.2) is 13.2 Å². The fraction of sp³-hybridized carbons (Fsp3) is 0.250. The third-order valence-corrected chi connectivity index (χ3v) is 6.79. The van der Waals surface area contributed by atoms with Crippen molar-refractivity contribution in [3.63, 3.8) is 0 Å². The highest BCUT2D eigenvalue weighted by Crippen LogP contribution is 2.26. The maximum Gasteiger partial charge on any atom is 0.333 e. The highest BCUT2D eigenvalue weighted by atomic mass is 79.9. The summed E-state index contributed by atoms with van der Waals surface area (Å²) in [6, 6.07) is 14.7.